The van der Waals surface area contributed by atoms with Gasteiger partial charge in [0, 0.05) is 13.1 Å². The summed E-state index contributed by atoms with van der Waals surface area (Å²) in [5, 5.41) is 20.6. The summed E-state index contributed by atoms with van der Waals surface area (Å²) in [6, 6.07) is 8.39. The average molecular weight is 355 g/mol. The Bertz CT molecular complexity index is 749. The highest BCUT2D eigenvalue weighted by atomic mass is 19.4. The number of carbonyl (C=O) groups is 1. The van der Waals surface area contributed by atoms with Crippen LogP contribution in [-0.4, -0.2) is 55.4 Å². The Morgan fingerprint density at radius 2 is 1.96 bits per heavy atom. The summed E-state index contributed by atoms with van der Waals surface area (Å²) in [5.41, 5.74) is 0.677. The van der Waals surface area contributed by atoms with Gasteiger partial charge in [-0.1, -0.05) is 18.2 Å². The first-order valence-electron chi connectivity index (χ1n) is 7.66. The van der Waals surface area contributed by atoms with Crippen LogP contribution < -0.4 is 0 Å². The molecular formula is C15H16F3N5O2. The third-order valence-corrected chi connectivity index (χ3v) is 4.50. The van der Waals surface area contributed by atoms with E-state index in [1.165, 1.54) is 9.58 Å². The largest absolute Gasteiger partial charge is 0.481 e. The Hall–Kier alpha value is -2.49. The molecule has 1 aliphatic heterocycles. The lowest BCUT2D eigenvalue weighted by atomic mass is 9.96. The monoisotopic (exact) mass is 355 g/mol. The number of alkyl halides is 3. The van der Waals surface area contributed by atoms with E-state index in [0.29, 0.717) is 11.5 Å². The van der Waals surface area contributed by atoms with E-state index in [0.717, 1.165) is 0 Å². The minimum atomic E-state index is -4.57. The fourth-order valence-electron chi connectivity index (χ4n) is 3.10. The fraction of sp³-hybridized carbons (Fsp3) is 0.467. The Morgan fingerprint density at radius 1 is 1.28 bits per heavy atom. The molecule has 0 radical (unpaired) electrons. The Labute approximate surface area is 141 Å². The van der Waals surface area contributed by atoms with Crippen molar-refractivity contribution in [1.29, 1.82) is 0 Å². The second kappa shape index (κ2) is 6.43. The predicted molar refractivity (Wildman–Crippen MR) is 79.8 cm³/mol. The van der Waals surface area contributed by atoms with Crippen molar-refractivity contribution in [2.45, 2.75) is 19.1 Å². The molecule has 25 heavy (non-hydrogen) atoms. The van der Waals surface area contributed by atoms with Crippen LogP contribution in [0.3, 0.4) is 0 Å². The van der Waals surface area contributed by atoms with Gasteiger partial charge in [-0.15, -0.1) is 5.10 Å². The molecule has 2 heterocycles. The molecule has 3 rings (SSSR count). The second-order valence-corrected chi connectivity index (χ2v) is 6.01. The van der Waals surface area contributed by atoms with E-state index in [-0.39, 0.29) is 6.54 Å². The third-order valence-electron chi connectivity index (χ3n) is 4.50. The third kappa shape index (κ3) is 3.34. The maximum atomic E-state index is 13.2. The lowest BCUT2D eigenvalue weighted by Crippen LogP contribution is -2.33. The lowest BCUT2D eigenvalue weighted by Gasteiger charge is -2.23. The molecule has 0 amide bonds. The summed E-state index contributed by atoms with van der Waals surface area (Å²) in [6.07, 6.45) is -4.57. The predicted octanol–water partition coefficient (Wildman–Crippen LogP) is 1.92. The Kier molecular flexibility index (Phi) is 4.46. The van der Waals surface area contributed by atoms with Gasteiger partial charge in [0.1, 0.15) is 0 Å². The van der Waals surface area contributed by atoms with Crippen molar-refractivity contribution in [1.82, 2.24) is 25.1 Å². The number of carboxylic acids is 1. The van der Waals surface area contributed by atoms with Crippen LogP contribution in [0.15, 0.2) is 30.3 Å². The zero-order chi connectivity index (χ0) is 18.2. The first-order valence-corrected chi connectivity index (χ1v) is 7.66. The number of hydrogen-bond acceptors (Lipinski definition) is 5. The SMILES string of the molecule is CC(c1nnnn1-c1ccccc1)N1C[C@@H](C(F)(F)F)[C@H](C(=O)O)C1. The number of aromatic nitrogens is 4. The summed E-state index contributed by atoms with van der Waals surface area (Å²) in [5.74, 6) is -4.49. The van der Waals surface area contributed by atoms with Crippen LogP contribution in [0.2, 0.25) is 0 Å². The van der Waals surface area contributed by atoms with Gasteiger partial charge in [0.25, 0.3) is 0 Å². The smallest absolute Gasteiger partial charge is 0.393 e. The van der Waals surface area contributed by atoms with Crippen LogP contribution in [0.25, 0.3) is 5.69 Å². The summed E-state index contributed by atoms with van der Waals surface area (Å²) in [4.78, 5) is 12.7. The molecule has 3 atom stereocenters. The maximum absolute atomic E-state index is 13.2. The zero-order valence-corrected chi connectivity index (χ0v) is 13.3. The van der Waals surface area contributed by atoms with Crippen molar-refractivity contribution in [2.24, 2.45) is 11.8 Å². The van der Waals surface area contributed by atoms with Gasteiger partial charge in [0.15, 0.2) is 5.82 Å². The quantitative estimate of drug-likeness (QED) is 0.902. The topological polar surface area (TPSA) is 84.1 Å². The summed E-state index contributed by atoms with van der Waals surface area (Å²) < 4.78 is 40.9. The number of likely N-dealkylation sites (tertiary alicyclic amines) is 1. The van der Waals surface area contributed by atoms with E-state index < -0.39 is 36.6 Å². The Balaban J connectivity index is 1.87. The summed E-state index contributed by atoms with van der Waals surface area (Å²) in [7, 11) is 0. The highest BCUT2D eigenvalue weighted by molar-refractivity contribution is 5.71. The summed E-state index contributed by atoms with van der Waals surface area (Å²) in [6.45, 7) is 1.06. The normalized spacial score (nSPS) is 22.9. The molecular weight excluding hydrogens is 339 g/mol. The number of halogens is 3. The van der Waals surface area contributed by atoms with Crippen molar-refractivity contribution in [3.8, 4) is 5.69 Å². The van der Waals surface area contributed by atoms with Crippen LogP contribution in [0.1, 0.15) is 18.8 Å². The second-order valence-electron chi connectivity index (χ2n) is 6.01. The Morgan fingerprint density at radius 3 is 2.52 bits per heavy atom. The number of nitrogens with zero attached hydrogens (tertiary/aromatic N) is 5. The minimum Gasteiger partial charge on any atom is -0.481 e. The van der Waals surface area contributed by atoms with Gasteiger partial charge in [-0.2, -0.15) is 17.9 Å². The molecule has 10 heteroatoms. The van der Waals surface area contributed by atoms with Gasteiger partial charge in [0.2, 0.25) is 0 Å². The number of para-hydroxylation sites is 1. The number of benzene rings is 1. The molecule has 1 aromatic heterocycles. The first-order chi connectivity index (χ1) is 11.8. The average Bonchev–Trinajstić information content (AvgIpc) is 3.22. The first kappa shape index (κ1) is 17.3. The van der Waals surface area contributed by atoms with Gasteiger partial charge in [-0.25, -0.2) is 0 Å². The van der Waals surface area contributed by atoms with Crippen LogP contribution in [-0.2, 0) is 4.79 Å². The molecule has 2 aromatic rings. The van der Waals surface area contributed by atoms with Crippen molar-refractivity contribution in [3.05, 3.63) is 36.2 Å². The highest BCUT2D eigenvalue weighted by Crippen LogP contribution is 2.40. The van der Waals surface area contributed by atoms with E-state index >= 15 is 0 Å². The minimum absolute atomic E-state index is 0.206. The molecule has 1 N–H and O–H groups in total. The number of aliphatic carboxylic acids is 1. The van der Waals surface area contributed by atoms with Crippen molar-refractivity contribution < 1.29 is 23.1 Å². The number of rotatable bonds is 4. The molecule has 1 aromatic carbocycles. The van der Waals surface area contributed by atoms with Crippen molar-refractivity contribution in [3.63, 3.8) is 0 Å². The van der Waals surface area contributed by atoms with Gasteiger partial charge >= 0.3 is 12.1 Å². The standard InChI is InChI=1S/C15H16F3N5O2/c1-9(13-19-20-21-23(13)10-5-3-2-4-6-10)22-7-11(14(24)25)12(8-22)15(16,17)18/h2-6,9,11-12H,7-8H2,1H3,(H,24,25)/t9?,11-,12-/m1/s1. The number of hydrogen-bond donors (Lipinski definition) is 1. The summed E-state index contributed by atoms with van der Waals surface area (Å²) >= 11 is 0. The molecule has 0 bridgehead atoms. The van der Waals surface area contributed by atoms with Crippen molar-refractivity contribution >= 4 is 5.97 Å². The van der Waals surface area contributed by atoms with Crippen LogP contribution in [0, 0.1) is 11.8 Å². The van der Waals surface area contributed by atoms with Gasteiger partial charge < -0.3 is 5.11 Å². The fourth-order valence-corrected chi connectivity index (χ4v) is 3.10. The van der Waals surface area contributed by atoms with E-state index in [1.54, 1.807) is 31.2 Å². The molecule has 0 spiro atoms. The molecule has 7 nitrogen and oxygen atoms in total. The molecule has 0 aliphatic carbocycles. The van der Waals surface area contributed by atoms with Gasteiger partial charge in [-0.05, 0) is 29.5 Å². The molecule has 1 fully saturated rings. The molecule has 1 unspecified atom stereocenters. The van der Waals surface area contributed by atoms with E-state index in [2.05, 4.69) is 15.5 Å². The molecule has 1 saturated heterocycles. The van der Waals surface area contributed by atoms with Crippen molar-refractivity contribution in [2.75, 3.05) is 13.1 Å². The van der Waals surface area contributed by atoms with E-state index in [4.69, 9.17) is 5.11 Å². The molecule has 134 valence electrons. The zero-order valence-electron chi connectivity index (χ0n) is 13.3. The van der Waals surface area contributed by atoms with E-state index in [9.17, 15) is 18.0 Å². The maximum Gasteiger partial charge on any atom is 0.393 e. The van der Waals surface area contributed by atoms with Gasteiger partial charge in [-0.3, -0.25) is 9.69 Å². The number of carboxylic acid groups (broad SMARTS) is 1. The molecule has 1 aliphatic rings. The molecule has 0 saturated carbocycles. The van der Waals surface area contributed by atoms with Crippen LogP contribution >= 0.6 is 0 Å². The van der Waals surface area contributed by atoms with E-state index in [1.807, 2.05) is 6.07 Å². The number of tetrazole rings is 1. The lowest BCUT2D eigenvalue weighted by molar-refractivity contribution is -0.188. The van der Waals surface area contributed by atoms with Gasteiger partial charge in [0.05, 0.1) is 23.6 Å². The van der Waals surface area contributed by atoms with Crippen LogP contribution in [0.4, 0.5) is 13.2 Å². The van der Waals surface area contributed by atoms with Crippen LogP contribution in [0.5, 0.6) is 0 Å². The highest BCUT2D eigenvalue weighted by Gasteiger charge is 2.53.